The van der Waals surface area contributed by atoms with Crippen molar-refractivity contribution in [2.45, 2.75) is 13.5 Å². The molecule has 0 spiro atoms. The summed E-state index contributed by atoms with van der Waals surface area (Å²) in [6.45, 7) is 2.61. The lowest BCUT2D eigenvalue weighted by Crippen LogP contribution is -2.03. The van der Waals surface area contributed by atoms with Crippen molar-refractivity contribution in [3.63, 3.8) is 0 Å². The third-order valence-electron chi connectivity index (χ3n) is 4.54. The molecule has 0 unspecified atom stereocenters. The molecular formula is C22H17Cl2N3. The van der Waals surface area contributed by atoms with Gasteiger partial charge in [0.1, 0.15) is 5.15 Å². The molecule has 0 saturated carbocycles. The van der Waals surface area contributed by atoms with Gasteiger partial charge in [-0.25, -0.2) is 4.98 Å². The topological polar surface area (TPSA) is 37.8 Å². The van der Waals surface area contributed by atoms with Crippen molar-refractivity contribution in [3.8, 4) is 11.3 Å². The number of rotatable bonds is 4. The molecule has 2 aromatic carbocycles. The molecule has 0 amide bonds. The number of benzene rings is 2. The standard InChI is InChI=1S/C22H17Cl2N3/c1-14-16(6-9-21(24)27-14)13-26-17-7-8-20(23)19(12-17)22-18-5-3-2-4-15(18)10-11-25-22/h2-12,26H,13H2,1H3. The van der Waals surface area contributed by atoms with E-state index < -0.39 is 0 Å². The number of anilines is 1. The van der Waals surface area contributed by atoms with Crippen molar-refractivity contribution < 1.29 is 0 Å². The molecule has 3 nitrogen and oxygen atoms in total. The fourth-order valence-electron chi connectivity index (χ4n) is 3.09. The van der Waals surface area contributed by atoms with E-state index in [0.717, 1.165) is 39.0 Å². The quantitative estimate of drug-likeness (QED) is 0.400. The van der Waals surface area contributed by atoms with Gasteiger partial charge in [-0.05, 0) is 48.2 Å². The van der Waals surface area contributed by atoms with Gasteiger partial charge in [-0.1, -0.05) is 53.5 Å². The lowest BCUT2D eigenvalue weighted by Gasteiger charge is -2.12. The van der Waals surface area contributed by atoms with Crippen LogP contribution in [0.1, 0.15) is 11.3 Å². The Labute approximate surface area is 168 Å². The molecule has 0 aliphatic carbocycles. The van der Waals surface area contributed by atoms with Gasteiger partial charge in [-0.3, -0.25) is 4.98 Å². The summed E-state index contributed by atoms with van der Waals surface area (Å²) in [4.78, 5) is 8.88. The van der Waals surface area contributed by atoms with E-state index in [0.29, 0.717) is 16.7 Å². The third-order valence-corrected chi connectivity index (χ3v) is 5.08. The van der Waals surface area contributed by atoms with Gasteiger partial charge in [0.05, 0.1) is 10.7 Å². The van der Waals surface area contributed by atoms with Crippen LogP contribution in [0.3, 0.4) is 0 Å². The van der Waals surface area contributed by atoms with Gasteiger partial charge < -0.3 is 5.32 Å². The zero-order valence-electron chi connectivity index (χ0n) is 14.7. The van der Waals surface area contributed by atoms with E-state index in [1.54, 1.807) is 6.07 Å². The second kappa shape index (κ2) is 7.55. The minimum atomic E-state index is 0.507. The van der Waals surface area contributed by atoms with Crippen molar-refractivity contribution in [2.75, 3.05) is 5.32 Å². The molecular weight excluding hydrogens is 377 g/mol. The second-order valence-electron chi connectivity index (χ2n) is 6.31. The smallest absolute Gasteiger partial charge is 0.129 e. The Hall–Kier alpha value is -2.62. The Bertz CT molecular complexity index is 1120. The maximum atomic E-state index is 6.50. The van der Waals surface area contributed by atoms with Gasteiger partial charge in [0.25, 0.3) is 0 Å². The Balaban J connectivity index is 1.67. The molecule has 2 aromatic heterocycles. The SMILES string of the molecule is Cc1nc(Cl)ccc1CNc1ccc(Cl)c(-c2nccc3ccccc23)c1. The molecule has 0 atom stereocenters. The maximum Gasteiger partial charge on any atom is 0.129 e. The summed E-state index contributed by atoms with van der Waals surface area (Å²) in [5, 5.41) is 6.84. The van der Waals surface area contributed by atoms with E-state index in [1.165, 1.54) is 0 Å². The second-order valence-corrected chi connectivity index (χ2v) is 7.10. The van der Waals surface area contributed by atoms with Gasteiger partial charge >= 0.3 is 0 Å². The van der Waals surface area contributed by atoms with Crippen LogP contribution in [0.15, 0.2) is 66.9 Å². The highest BCUT2D eigenvalue weighted by molar-refractivity contribution is 6.33. The molecule has 4 rings (SSSR count). The number of aryl methyl sites for hydroxylation is 1. The predicted molar refractivity (Wildman–Crippen MR) is 113 cm³/mol. The summed E-state index contributed by atoms with van der Waals surface area (Å²) in [5.41, 5.74) is 4.77. The molecule has 1 N–H and O–H groups in total. The van der Waals surface area contributed by atoms with Crippen molar-refractivity contribution >= 4 is 39.7 Å². The van der Waals surface area contributed by atoms with Crippen LogP contribution in [0.4, 0.5) is 5.69 Å². The van der Waals surface area contributed by atoms with E-state index in [2.05, 4.69) is 27.4 Å². The van der Waals surface area contributed by atoms with Crippen LogP contribution in [0, 0.1) is 6.92 Å². The van der Waals surface area contributed by atoms with Crippen molar-refractivity contribution in [3.05, 3.63) is 88.3 Å². The maximum absolute atomic E-state index is 6.50. The van der Waals surface area contributed by atoms with Crippen LogP contribution in [-0.2, 0) is 6.54 Å². The molecule has 0 aliphatic heterocycles. The fourth-order valence-corrected chi connectivity index (χ4v) is 3.49. The van der Waals surface area contributed by atoms with Gasteiger partial charge in [0, 0.05) is 35.1 Å². The van der Waals surface area contributed by atoms with Crippen LogP contribution >= 0.6 is 23.2 Å². The van der Waals surface area contributed by atoms with Crippen LogP contribution in [-0.4, -0.2) is 9.97 Å². The first kappa shape index (κ1) is 17.8. The average Bonchev–Trinajstić information content (AvgIpc) is 2.68. The van der Waals surface area contributed by atoms with E-state index in [9.17, 15) is 0 Å². The lowest BCUT2D eigenvalue weighted by atomic mass is 10.0. The highest BCUT2D eigenvalue weighted by Gasteiger charge is 2.10. The van der Waals surface area contributed by atoms with E-state index in [1.807, 2.05) is 55.6 Å². The largest absolute Gasteiger partial charge is 0.381 e. The van der Waals surface area contributed by atoms with E-state index in [-0.39, 0.29) is 0 Å². The highest BCUT2D eigenvalue weighted by Crippen LogP contribution is 2.33. The summed E-state index contributed by atoms with van der Waals surface area (Å²) < 4.78 is 0. The molecule has 0 aliphatic rings. The van der Waals surface area contributed by atoms with Crippen molar-refractivity contribution in [2.24, 2.45) is 0 Å². The number of fused-ring (bicyclic) bond motifs is 1. The Morgan fingerprint density at radius 3 is 2.67 bits per heavy atom. The Morgan fingerprint density at radius 1 is 0.963 bits per heavy atom. The summed E-state index contributed by atoms with van der Waals surface area (Å²) in [6, 6.07) is 19.9. The fraction of sp³-hybridized carbons (Fsp3) is 0.0909. The van der Waals surface area contributed by atoms with Crippen molar-refractivity contribution in [1.82, 2.24) is 9.97 Å². The zero-order chi connectivity index (χ0) is 18.8. The molecule has 0 saturated heterocycles. The lowest BCUT2D eigenvalue weighted by molar-refractivity contribution is 1.06. The minimum Gasteiger partial charge on any atom is -0.381 e. The molecule has 134 valence electrons. The molecule has 0 radical (unpaired) electrons. The van der Waals surface area contributed by atoms with Crippen LogP contribution in [0.25, 0.3) is 22.0 Å². The first-order chi connectivity index (χ1) is 13.1. The van der Waals surface area contributed by atoms with Crippen LogP contribution in [0.2, 0.25) is 10.2 Å². The normalized spacial score (nSPS) is 10.9. The number of pyridine rings is 2. The first-order valence-electron chi connectivity index (χ1n) is 8.61. The molecule has 2 heterocycles. The number of nitrogens with zero attached hydrogens (tertiary/aromatic N) is 2. The van der Waals surface area contributed by atoms with Crippen LogP contribution in [0.5, 0.6) is 0 Å². The molecule has 5 heteroatoms. The van der Waals surface area contributed by atoms with Gasteiger partial charge in [0.2, 0.25) is 0 Å². The van der Waals surface area contributed by atoms with Crippen LogP contribution < -0.4 is 5.32 Å². The molecule has 27 heavy (non-hydrogen) atoms. The van der Waals surface area contributed by atoms with Gasteiger partial charge in [0.15, 0.2) is 0 Å². The summed E-state index contributed by atoms with van der Waals surface area (Å²) >= 11 is 12.4. The number of aromatic nitrogens is 2. The number of hydrogen-bond acceptors (Lipinski definition) is 3. The minimum absolute atomic E-state index is 0.507. The molecule has 0 bridgehead atoms. The summed E-state index contributed by atoms with van der Waals surface area (Å²) in [7, 11) is 0. The Kier molecular flexibility index (Phi) is 4.97. The van der Waals surface area contributed by atoms with Gasteiger partial charge in [-0.15, -0.1) is 0 Å². The predicted octanol–water partition coefficient (Wildman–Crippen LogP) is 6.52. The van der Waals surface area contributed by atoms with E-state index >= 15 is 0 Å². The highest BCUT2D eigenvalue weighted by atomic mass is 35.5. The first-order valence-corrected chi connectivity index (χ1v) is 9.37. The number of halogens is 2. The van der Waals surface area contributed by atoms with E-state index in [4.69, 9.17) is 23.2 Å². The molecule has 4 aromatic rings. The third kappa shape index (κ3) is 3.75. The monoisotopic (exact) mass is 393 g/mol. The summed E-state index contributed by atoms with van der Waals surface area (Å²) in [5.74, 6) is 0. The molecule has 0 fully saturated rings. The van der Waals surface area contributed by atoms with Gasteiger partial charge in [-0.2, -0.15) is 0 Å². The zero-order valence-corrected chi connectivity index (χ0v) is 16.2. The number of hydrogen-bond donors (Lipinski definition) is 1. The number of nitrogens with one attached hydrogen (secondary N) is 1. The Morgan fingerprint density at radius 2 is 1.81 bits per heavy atom. The summed E-state index contributed by atoms with van der Waals surface area (Å²) in [6.07, 6.45) is 1.82. The average molecular weight is 394 g/mol. The van der Waals surface area contributed by atoms with Crippen molar-refractivity contribution in [1.29, 1.82) is 0 Å².